The maximum atomic E-state index is 14.4. The second-order valence-electron chi connectivity index (χ2n) is 6.05. The van der Waals surface area contributed by atoms with Crippen LogP contribution in [0.3, 0.4) is 0 Å². The molecule has 5 nitrogen and oxygen atoms in total. The van der Waals surface area contributed by atoms with E-state index in [1.54, 1.807) is 0 Å². The van der Waals surface area contributed by atoms with Crippen molar-refractivity contribution in [3.63, 3.8) is 0 Å². The standard InChI is InChI=1S/C18H15F4N3O2/c19-11-2-4-14(24-9-11)15(26)8-10-1-3-13(20)12(7-10)18(16(21)22)5-6-27-17(23)25-18/h1-4,7,9,16H,5-6,8H2,(H2,23,25)/t18-/m0/s1. The summed E-state index contributed by atoms with van der Waals surface area (Å²) in [7, 11) is 0. The number of hydrogen-bond acceptors (Lipinski definition) is 5. The minimum Gasteiger partial charge on any atom is -0.465 e. The number of nitrogens with two attached hydrogens (primary N) is 1. The average Bonchev–Trinajstić information content (AvgIpc) is 2.63. The number of hydrogen-bond donors (Lipinski definition) is 1. The molecule has 1 aromatic carbocycles. The Morgan fingerprint density at radius 3 is 2.67 bits per heavy atom. The highest BCUT2D eigenvalue weighted by Crippen LogP contribution is 2.40. The number of Topliss-reactive ketones (excluding diaryl/α,β-unsaturated/α-hetero) is 1. The van der Waals surface area contributed by atoms with Crippen molar-refractivity contribution in [3.8, 4) is 0 Å². The summed E-state index contributed by atoms with van der Waals surface area (Å²) in [5, 5.41) is 0. The van der Waals surface area contributed by atoms with E-state index in [0.717, 1.165) is 18.3 Å². The molecule has 142 valence electrons. The lowest BCUT2D eigenvalue weighted by atomic mass is 9.85. The van der Waals surface area contributed by atoms with Crippen LogP contribution in [0.1, 0.15) is 28.0 Å². The van der Waals surface area contributed by atoms with Crippen molar-refractivity contribution >= 4 is 11.8 Å². The first-order valence-corrected chi connectivity index (χ1v) is 8.02. The van der Waals surface area contributed by atoms with Gasteiger partial charge in [0, 0.05) is 18.4 Å². The number of ether oxygens (including phenoxy) is 1. The summed E-state index contributed by atoms with van der Waals surface area (Å²) in [6, 6.07) is 5.34. The molecule has 0 radical (unpaired) electrons. The number of nitrogens with zero attached hydrogens (tertiary/aromatic N) is 2. The van der Waals surface area contributed by atoms with Gasteiger partial charge in [0.2, 0.25) is 0 Å². The van der Waals surface area contributed by atoms with Crippen LogP contribution >= 0.6 is 0 Å². The Morgan fingerprint density at radius 1 is 1.26 bits per heavy atom. The fraction of sp³-hybridized carbons (Fsp3) is 0.278. The first-order valence-electron chi connectivity index (χ1n) is 8.02. The largest absolute Gasteiger partial charge is 0.465 e. The number of amidine groups is 1. The van der Waals surface area contributed by atoms with Crippen LogP contribution in [0.2, 0.25) is 0 Å². The van der Waals surface area contributed by atoms with Crippen molar-refractivity contribution < 1.29 is 27.1 Å². The quantitative estimate of drug-likeness (QED) is 0.638. The van der Waals surface area contributed by atoms with Crippen molar-refractivity contribution in [3.05, 3.63) is 65.0 Å². The predicted octanol–water partition coefficient (Wildman–Crippen LogP) is 2.98. The van der Waals surface area contributed by atoms with Gasteiger partial charge in [-0.05, 0) is 29.8 Å². The van der Waals surface area contributed by atoms with Gasteiger partial charge < -0.3 is 10.5 Å². The second-order valence-corrected chi connectivity index (χ2v) is 6.05. The van der Waals surface area contributed by atoms with Gasteiger partial charge in [-0.1, -0.05) is 6.07 Å². The van der Waals surface area contributed by atoms with Crippen molar-refractivity contribution in [1.29, 1.82) is 0 Å². The summed E-state index contributed by atoms with van der Waals surface area (Å²) < 4.78 is 59.8. The summed E-state index contributed by atoms with van der Waals surface area (Å²) >= 11 is 0. The van der Waals surface area contributed by atoms with Crippen LogP contribution in [0.4, 0.5) is 17.6 Å². The first kappa shape index (κ1) is 18.8. The van der Waals surface area contributed by atoms with Crippen LogP contribution in [0.5, 0.6) is 0 Å². The molecule has 2 aromatic rings. The van der Waals surface area contributed by atoms with Crippen LogP contribution in [-0.4, -0.2) is 29.8 Å². The molecule has 0 aliphatic carbocycles. The fourth-order valence-electron chi connectivity index (χ4n) is 2.90. The van der Waals surface area contributed by atoms with E-state index in [1.807, 2.05) is 0 Å². The minimum absolute atomic E-state index is 0.0131. The summed E-state index contributed by atoms with van der Waals surface area (Å²) in [6.45, 7) is -0.137. The van der Waals surface area contributed by atoms with E-state index < -0.39 is 35.4 Å². The predicted molar refractivity (Wildman–Crippen MR) is 88.5 cm³/mol. The molecule has 0 amide bonds. The van der Waals surface area contributed by atoms with Gasteiger partial charge >= 0.3 is 0 Å². The summed E-state index contributed by atoms with van der Waals surface area (Å²) in [4.78, 5) is 19.6. The molecule has 1 atom stereocenters. The van der Waals surface area contributed by atoms with E-state index in [1.165, 1.54) is 18.2 Å². The zero-order valence-corrected chi connectivity index (χ0v) is 14.0. The van der Waals surface area contributed by atoms with Crippen LogP contribution in [0.15, 0.2) is 41.5 Å². The Bertz CT molecular complexity index is 887. The molecule has 2 N–H and O–H groups in total. The molecule has 1 aliphatic heterocycles. The lowest BCUT2D eigenvalue weighted by Crippen LogP contribution is -2.41. The molecule has 27 heavy (non-hydrogen) atoms. The van der Waals surface area contributed by atoms with Crippen molar-refractivity contribution in [2.75, 3.05) is 6.61 Å². The normalized spacial score (nSPS) is 19.5. The number of rotatable bonds is 5. The van der Waals surface area contributed by atoms with Crippen molar-refractivity contribution in [2.24, 2.45) is 10.7 Å². The van der Waals surface area contributed by atoms with Gasteiger partial charge in [0.1, 0.15) is 17.3 Å². The van der Waals surface area contributed by atoms with Gasteiger partial charge in [-0.15, -0.1) is 0 Å². The summed E-state index contributed by atoms with van der Waals surface area (Å²) in [5.74, 6) is -1.94. The first-order chi connectivity index (χ1) is 12.8. The van der Waals surface area contributed by atoms with E-state index in [4.69, 9.17) is 10.5 Å². The molecular weight excluding hydrogens is 366 g/mol. The van der Waals surface area contributed by atoms with Crippen molar-refractivity contribution in [1.82, 2.24) is 4.98 Å². The lowest BCUT2D eigenvalue weighted by molar-refractivity contribution is 0.0246. The lowest BCUT2D eigenvalue weighted by Gasteiger charge is -2.33. The highest BCUT2D eigenvalue weighted by atomic mass is 19.3. The van der Waals surface area contributed by atoms with Gasteiger partial charge in [0.15, 0.2) is 11.3 Å². The number of pyridine rings is 1. The molecule has 0 saturated carbocycles. The van der Waals surface area contributed by atoms with Gasteiger partial charge in [-0.3, -0.25) is 9.78 Å². The van der Waals surface area contributed by atoms with Gasteiger partial charge in [-0.25, -0.2) is 22.6 Å². The molecule has 0 fully saturated rings. The SMILES string of the molecule is NC1=N[C@@](c2cc(CC(=O)c3ccc(F)cn3)ccc2F)(C(F)F)CCO1. The third-order valence-corrected chi connectivity index (χ3v) is 4.28. The number of carbonyl (C=O) groups excluding carboxylic acids is 1. The summed E-state index contributed by atoms with van der Waals surface area (Å²) in [5.41, 5.74) is 3.19. The van der Waals surface area contributed by atoms with Crippen LogP contribution in [0.25, 0.3) is 0 Å². The number of halogens is 4. The third kappa shape index (κ3) is 3.76. The van der Waals surface area contributed by atoms with Crippen LogP contribution in [0, 0.1) is 11.6 Å². The number of aliphatic imine (C=N–C) groups is 1. The second kappa shape index (κ2) is 7.34. The maximum Gasteiger partial charge on any atom is 0.283 e. The smallest absolute Gasteiger partial charge is 0.283 e. The topological polar surface area (TPSA) is 77.6 Å². The Hall–Kier alpha value is -2.97. The Morgan fingerprint density at radius 2 is 2.04 bits per heavy atom. The number of carbonyl (C=O) groups is 1. The Labute approximate surface area is 151 Å². The Balaban J connectivity index is 1.95. The zero-order chi connectivity index (χ0) is 19.6. The maximum absolute atomic E-state index is 14.4. The summed E-state index contributed by atoms with van der Waals surface area (Å²) in [6.07, 6.45) is -2.62. The zero-order valence-electron chi connectivity index (χ0n) is 14.0. The molecule has 1 aliphatic rings. The monoisotopic (exact) mass is 381 g/mol. The Kier molecular flexibility index (Phi) is 5.11. The number of ketones is 1. The van der Waals surface area contributed by atoms with Gasteiger partial charge in [-0.2, -0.15) is 0 Å². The van der Waals surface area contributed by atoms with E-state index >= 15 is 0 Å². The van der Waals surface area contributed by atoms with E-state index in [0.29, 0.717) is 5.56 Å². The molecular formula is C18H15F4N3O2. The third-order valence-electron chi connectivity index (χ3n) is 4.28. The molecule has 3 rings (SSSR count). The molecule has 0 bridgehead atoms. The van der Waals surface area contributed by atoms with Crippen LogP contribution in [-0.2, 0) is 16.7 Å². The van der Waals surface area contributed by atoms with Gasteiger partial charge in [0.05, 0.1) is 12.8 Å². The fourth-order valence-corrected chi connectivity index (χ4v) is 2.90. The molecule has 9 heteroatoms. The minimum atomic E-state index is -3.03. The van der Waals surface area contributed by atoms with Gasteiger partial charge in [0.25, 0.3) is 12.4 Å². The van der Waals surface area contributed by atoms with Crippen molar-refractivity contribution in [2.45, 2.75) is 24.8 Å². The number of benzene rings is 1. The molecule has 0 saturated heterocycles. The molecule has 0 unspecified atom stereocenters. The van der Waals surface area contributed by atoms with E-state index in [-0.39, 0.29) is 30.7 Å². The highest BCUT2D eigenvalue weighted by Gasteiger charge is 2.46. The molecule has 2 heterocycles. The highest BCUT2D eigenvalue weighted by molar-refractivity contribution is 5.95. The molecule has 0 spiro atoms. The molecule has 1 aromatic heterocycles. The van der Waals surface area contributed by atoms with Crippen LogP contribution < -0.4 is 5.73 Å². The number of aromatic nitrogens is 1. The van der Waals surface area contributed by atoms with E-state index in [9.17, 15) is 22.4 Å². The number of alkyl halides is 2. The van der Waals surface area contributed by atoms with E-state index in [2.05, 4.69) is 9.98 Å². The average molecular weight is 381 g/mol.